The summed E-state index contributed by atoms with van der Waals surface area (Å²) in [4.78, 5) is 14.3. The van der Waals surface area contributed by atoms with E-state index >= 15 is 0 Å². The largest absolute Gasteiger partial charge is 0.460 e. The number of esters is 1. The van der Waals surface area contributed by atoms with Crippen LogP contribution >= 0.6 is 11.6 Å². The minimum atomic E-state index is -0.409. The Labute approximate surface area is 142 Å². The molecule has 1 saturated heterocycles. The molecule has 2 unspecified atom stereocenters. The lowest BCUT2D eigenvalue weighted by Gasteiger charge is -2.36. The molecule has 0 aromatic heterocycles. The number of halogens is 1. The van der Waals surface area contributed by atoms with Crippen LogP contribution in [0, 0.1) is 11.8 Å². The smallest absolute Gasteiger partial charge is 0.375 e. The normalized spacial score (nSPS) is 21.9. The molecule has 0 aliphatic carbocycles. The highest BCUT2D eigenvalue weighted by atomic mass is 35.5. The Morgan fingerprint density at radius 1 is 1.35 bits per heavy atom. The minimum absolute atomic E-state index is 0.310. The lowest BCUT2D eigenvalue weighted by Crippen LogP contribution is -2.46. The van der Waals surface area contributed by atoms with E-state index in [2.05, 4.69) is 24.4 Å². The summed E-state index contributed by atoms with van der Waals surface area (Å²) in [5.74, 6) is 0.927. The van der Waals surface area contributed by atoms with Crippen molar-refractivity contribution in [1.29, 1.82) is 0 Å². The van der Waals surface area contributed by atoms with E-state index in [4.69, 9.17) is 16.3 Å². The average molecular weight is 338 g/mol. The summed E-state index contributed by atoms with van der Waals surface area (Å²) < 4.78 is 5.16. The molecule has 0 radical (unpaired) electrons. The number of amidine groups is 1. The second-order valence-corrected chi connectivity index (χ2v) is 6.51. The van der Waals surface area contributed by atoms with Crippen molar-refractivity contribution in [3.63, 3.8) is 0 Å². The Kier molecular flexibility index (Phi) is 6.28. The maximum atomic E-state index is 12.3. The first kappa shape index (κ1) is 17.6. The number of carbonyl (C=O) groups is 1. The van der Waals surface area contributed by atoms with Crippen LogP contribution in [0.4, 0.5) is 5.69 Å². The van der Waals surface area contributed by atoms with Gasteiger partial charge in [0.25, 0.3) is 0 Å². The summed E-state index contributed by atoms with van der Waals surface area (Å²) in [5, 5.41) is 4.85. The van der Waals surface area contributed by atoms with Crippen molar-refractivity contribution in [1.82, 2.24) is 4.90 Å². The van der Waals surface area contributed by atoms with Crippen molar-refractivity contribution in [3.8, 4) is 0 Å². The number of benzene rings is 1. The molecule has 2 atom stereocenters. The zero-order valence-electron chi connectivity index (χ0n) is 13.9. The lowest BCUT2D eigenvalue weighted by molar-refractivity contribution is -0.136. The van der Waals surface area contributed by atoms with Gasteiger partial charge < -0.3 is 9.64 Å². The van der Waals surface area contributed by atoms with Crippen LogP contribution in [0.5, 0.6) is 0 Å². The standard InChI is InChI=1S/C17H24ClN3O2/c1-4-23-17(22)16(21-10-12(2)9-13(3)11-21)20-19-15-8-6-5-7-14(15)18/h5-8,12-13,19H,4,9-11H2,1-3H3. The number of hydrogen-bond donors (Lipinski definition) is 1. The number of anilines is 1. The molecule has 6 heteroatoms. The van der Waals surface area contributed by atoms with Gasteiger partial charge in [0, 0.05) is 13.1 Å². The second-order valence-electron chi connectivity index (χ2n) is 6.10. The minimum Gasteiger partial charge on any atom is -0.460 e. The summed E-state index contributed by atoms with van der Waals surface area (Å²) in [6.07, 6.45) is 1.16. The third-order valence-corrected chi connectivity index (χ3v) is 4.11. The number of rotatable bonds is 3. The Bertz CT molecular complexity index is 567. The molecule has 0 amide bonds. The van der Waals surface area contributed by atoms with Crippen LogP contribution in [0.3, 0.4) is 0 Å². The molecule has 1 aromatic rings. The number of likely N-dealkylation sites (tertiary alicyclic amines) is 1. The monoisotopic (exact) mass is 337 g/mol. The number of hydrogen-bond acceptors (Lipinski definition) is 4. The lowest BCUT2D eigenvalue weighted by atomic mass is 9.92. The number of para-hydroxylation sites is 1. The van der Waals surface area contributed by atoms with E-state index in [-0.39, 0.29) is 0 Å². The predicted octanol–water partition coefficient (Wildman–Crippen LogP) is 3.61. The molecule has 126 valence electrons. The molecule has 1 aliphatic rings. The Morgan fingerprint density at radius 3 is 2.61 bits per heavy atom. The molecule has 1 fully saturated rings. The maximum Gasteiger partial charge on any atom is 0.375 e. The third kappa shape index (κ3) is 4.86. The zero-order chi connectivity index (χ0) is 16.8. The fourth-order valence-electron chi connectivity index (χ4n) is 2.94. The maximum absolute atomic E-state index is 12.3. The summed E-state index contributed by atoms with van der Waals surface area (Å²) in [6, 6.07) is 7.29. The van der Waals surface area contributed by atoms with Gasteiger partial charge in [0.2, 0.25) is 5.84 Å². The van der Waals surface area contributed by atoms with Crippen molar-refractivity contribution in [2.75, 3.05) is 25.1 Å². The van der Waals surface area contributed by atoms with E-state index in [9.17, 15) is 4.79 Å². The van der Waals surface area contributed by atoms with Gasteiger partial charge in [0.1, 0.15) is 0 Å². The molecule has 1 heterocycles. The Balaban J connectivity index is 2.21. The van der Waals surface area contributed by atoms with E-state index < -0.39 is 5.97 Å². The first-order valence-electron chi connectivity index (χ1n) is 8.01. The molecular formula is C17H24ClN3O2. The van der Waals surface area contributed by atoms with E-state index in [1.807, 2.05) is 23.1 Å². The van der Waals surface area contributed by atoms with Crippen LogP contribution in [-0.2, 0) is 9.53 Å². The molecule has 0 spiro atoms. The van der Waals surface area contributed by atoms with Crippen LogP contribution in [-0.4, -0.2) is 36.4 Å². The Hall–Kier alpha value is -1.75. The first-order chi connectivity index (χ1) is 11.0. The van der Waals surface area contributed by atoms with E-state index in [1.54, 1.807) is 13.0 Å². The third-order valence-electron chi connectivity index (χ3n) is 3.78. The quantitative estimate of drug-likeness (QED) is 0.396. The number of nitrogens with one attached hydrogen (secondary N) is 1. The summed E-state index contributed by atoms with van der Waals surface area (Å²) in [5.41, 5.74) is 3.55. The van der Waals surface area contributed by atoms with Crippen LogP contribution < -0.4 is 5.43 Å². The van der Waals surface area contributed by atoms with Gasteiger partial charge >= 0.3 is 5.97 Å². The van der Waals surface area contributed by atoms with Crippen molar-refractivity contribution in [3.05, 3.63) is 29.3 Å². The van der Waals surface area contributed by atoms with Gasteiger partial charge in [0.15, 0.2) is 0 Å². The number of piperidine rings is 1. The van der Waals surface area contributed by atoms with Gasteiger partial charge in [-0.05, 0) is 37.3 Å². The number of carbonyl (C=O) groups excluding carboxylic acids is 1. The van der Waals surface area contributed by atoms with E-state index in [1.165, 1.54) is 0 Å². The van der Waals surface area contributed by atoms with Gasteiger partial charge in [0.05, 0.1) is 17.3 Å². The number of hydrazone groups is 1. The molecular weight excluding hydrogens is 314 g/mol. The molecule has 1 aliphatic heterocycles. The van der Waals surface area contributed by atoms with Gasteiger partial charge in [-0.15, -0.1) is 5.10 Å². The van der Waals surface area contributed by atoms with E-state index in [0.29, 0.717) is 35.0 Å². The van der Waals surface area contributed by atoms with Crippen molar-refractivity contribution in [2.24, 2.45) is 16.9 Å². The molecule has 0 bridgehead atoms. The topological polar surface area (TPSA) is 53.9 Å². The molecule has 0 saturated carbocycles. The van der Waals surface area contributed by atoms with Gasteiger partial charge in [-0.1, -0.05) is 37.6 Å². The average Bonchev–Trinajstić information content (AvgIpc) is 2.48. The first-order valence-corrected chi connectivity index (χ1v) is 8.39. The predicted molar refractivity (Wildman–Crippen MR) is 93.7 cm³/mol. The van der Waals surface area contributed by atoms with E-state index in [0.717, 1.165) is 19.5 Å². The summed E-state index contributed by atoms with van der Waals surface area (Å²) in [6.45, 7) is 8.08. The van der Waals surface area contributed by atoms with Crippen molar-refractivity contribution in [2.45, 2.75) is 27.2 Å². The van der Waals surface area contributed by atoms with Crippen molar-refractivity contribution >= 4 is 29.1 Å². The Morgan fingerprint density at radius 2 is 2.00 bits per heavy atom. The summed E-state index contributed by atoms with van der Waals surface area (Å²) >= 11 is 6.12. The number of nitrogens with zero attached hydrogens (tertiary/aromatic N) is 2. The fraction of sp³-hybridized carbons (Fsp3) is 0.529. The summed E-state index contributed by atoms with van der Waals surface area (Å²) in [7, 11) is 0. The van der Waals surface area contributed by atoms with Crippen LogP contribution in [0.1, 0.15) is 27.2 Å². The molecule has 5 nitrogen and oxygen atoms in total. The van der Waals surface area contributed by atoms with Gasteiger partial charge in [-0.25, -0.2) is 4.79 Å². The van der Waals surface area contributed by atoms with Gasteiger partial charge in [-0.3, -0.25) is 5.43 Å². The van der Waals surface area contributed by atoms with Crippen LogP contribution in [0.2, 0.25) is 5.02 Å². The molecule has 1 N–H and O–H groups in total. The van der Waals surface area contributed by atoms with Gasteiger partial charge in [-0.2, -0.15) is 0 Å². The SMILES string of the molecule is CCOC(=O)C(=NNc1ccccc1Cl)N1CC(C)CC(C)C1. The zero-order valence-corrected chi connectivity index (χ0v) is 14.6. The molecule has 1 aromatic carbocycles. The van der Waals surface area contributed by atoms with Crippen LogP contribution in [0.15, 0.2) is 29.4 Å². The van der Waals surface area contributed by atoms with Crippen LogP contribution in [0.25, 0.3) is 0 Å². The second kappa shape index (κ2) is 8.20. The highest BCUT2D eigenvalue weighted by Crippen LogP contribution is 2.23. The fourth-order valence-corrected chi connectivity index (χ4v) is 3.12. The number of ether oxygens (including phenoxy) is 1. The molecule has 23 heavy (non-hydrogen) atoms. The molecule has 2 rings (SSSR count). The van der Waals surface area contributed by atoms with Crippen molar-refractivity contribution < 1.29 is 9.53 Å². The highest BCUT2D eigenvalue weighted by Gasteiger charge is 2.28. The highest BCUT2D eigenvalue weighted by molar-refractivity contribution is 6.35.